The highest BCUT2D eigenvalue weighted by molar-refractivity contribution is 5.15. The summed E-state index contributed by atoms with van der Waals surface area (Å²) in [7, 11) is 0. The largest absolute Gasteiger partial charge is 0.490 e. The number of aryl methyl sites for hydroxylation is 2. The first-order valence-corrected chi connectivity index (χ1v) is 6.57. The minimum atomic E-state index is -0.207. The van der Waals surface area contributed by atoms with E-state index in [1.54, 1.807) is 0 Å². The van der Waals surface area contributed by atoms with E-state index in [-0.39, 0.29) is 5.56 Å². The standard InChI is InChI=1S/C13H19N5O2/c1-3-17-11(6-10(2)16-17)9-18-13(19)7-12(8-15-18)20-5-4-14/h6-8H,3-5,9,14H2,1-2H3. The van der Waals surface area contributed by atoms with Gasteiger partial charge in [0.05, 0.1) is 24.1 Å². The molecule has 0 saturated heterocycles. The van der Waals surface area contributed by atoms with Gasteiger partial charge in [0.15, 0.2) is 0 Å². The Morgan fingerprint density at radius 3 is 2.80 bits per heavy atom. The normalized spacial score (nSPS) is 10.8. The van der Waals surface area contributed by atoms with Crippen LogP contribution in [0.5, 0.6) is 5.75 Å². The van der Waals surface area contributed by atoms with Crippen molar-refractivity contribution in [1.82, 2.24) is 19.6 Å². The van der Waals surface area contributed by atoms with E-state index in [1.165, 1.54) is 16.9 Å². The van der Waals surface area contributed by atoms with Crippen LogP contribution in [0, 0.1) is 6.92 Å². The highest BCUT2D eigenvalue weighted by Gasteiger charge is 2.07. The maximum atomic E-state index is 12.0. The molecule has 0 atom stereocenters. The van der Waals surface area contributed by atoms with Gasteiger partial charge in [0, 0.05) is 19.2 Å². The van der Waals surface area contributed by atoms with Gasteiger partial charge in [-0.1, -0.05) is 0 Å². The van der Waals surface area contributed by atoms with E-state index in [1.807, 2.05) is 24.6 Å². The minimum Gasteiger partial charge on any atom is -0.490 e. The molecule has 0 aliphatic carbocycles. The fourth-order valence-corrected chi connectivity index (χ4v) is 1.95. The van der Waals surface area contributed by atoms with Gasteiger partial charge in [0.2, 0.25) is 0 Å². The van der Waals surface area contributed by atoms with Crippen LogP contribution >= 0.6 is 0 Å². The molecule has 0 aromatic carbocycles. The van der Waals surface area contributed by atoms with E-state index in [9.17, 15) is 4.79 Å². The van der Waals surface area contributed by atoms with Crippen LogP contribution in [-0.4, -0.2) is 32.7 Å². The first-order valence-electron chi connectivity index (χ1n) is 6.57. The molecule has 0 saturated carbocycles. The van der Waals surface area contributed by atoms with Gasteiger partial charge < -0.3 is 10.5 Å². The van der Waals surface area contributed by atoms with E-state index in [0.29, 0.717) is 25.4 Å². The van der Waals surface area contributed by atoms with Gasteiger partial charge in [0.1, 0.15) is 12.4 Å². The molecule has 20 heavy (non-hydrogen) atoms. The predicted molar refractivity (Wildman–Crippen MR) is 74.8 cm³/mol. The molecule has 7 nitrogen and oxygen atoms in total. The molecule has 0 bridgehead atoms. The first kappa shape index (κ1) is 14.3. The zero-order chi connectivity index (χ0) is 14.5. The fourth-order valence-electron chi connectivity index (χ4n) is 1.95. The molecule has 2 N–H and O–H groups in total. The Morgan fingerprint density at radius 2 is 2.15 bits per heavy atom. The molecule has 0 unspecified atom stereocenters. The number of aromatic nitrogens is 4. The van der Waals surface area contributed by atoms with Crippen LogP contribution in [0.1, 0.15) is 18.3 Å². The number of hydrogen-bond donors (Lipinski definition) is 1. The third kappa shape index (κ3) is 3.24. The van der Waals surface area contributed by atoms with Crippen LogP contribution in [0.15, 0.2) is 23.1 Å². The summed E-state index contributed by atoms with van der Waals surface area (Å²) in [6, 6.07) is 3.37. The predicted octanol–water partition coefficient (Wildman–Crippen LogP) is 0.154. The quantitative estimate of drug-likeness (QED) is 0.812. The molecule has 0 radical (unpaired) electrons. The Labute approximate surface area is 117 Å². The van der Waals surface area contributed by atoms with Crippen LogP contribution in [-0.2, 0) is 13.1 Å². The average Bonchev–Trinajstić information content (AvgIpc) is 2.79. The highest BCUT2D eigenvalue weighted by atomic mass is 16.5. The van der Waals surface area contributed by atoms with Gasteiger partial charge in [-0.05, 0) is 19.9 Å². The summed E-state index contributed by atoms with van der Waals surface area (Å²) in [6.45, 7) is 5.86. The second-order valence-electron chi connectivity index (χ2n) is 4.42. The van der Waals surface area contributed by atoms with Crippen molar-refractivity contribution in [2.75, 3.05) is 13.2 Å². The van der Waals surface area contributed by atoms with Gasteiger partial charge >= 0.3 is 0 Å². The molecule has 108 valence electrons. The van der Waals surface area contributed by atoms with Crippen LogP contribution < -0.4 is 16.0 Å². The van der Waals surface area contributed by atoms with Crippen molar-refractivity contribution in [3.05, 3.63) is 40.1 Å². The molecule has 0 spiro atoms. The van der Waals surface area contributed by atoms with E-state index >= 15 is 0 Å². The third-order valence-corrected chi connectivity index (χ3v) is 2.83. The van der Waals surface area contributed by atoms with Gasteiger partial charge in [0.25, 0.3) is 5.56 Å². The monoisotopic (exact) mass is 277 g/mol. The summed E-state index contributed by atoms with van der Waals surface area (Å²) in [6.07, 6.45) is 1.52. The second-order valence-corrected chi connectivity index (χ2v) is 4.42. The maximum absolute atomic E-state index is 12.0. The lowest BCUT2D eigenvalue weighted by molar-refractivity contribution is 0.324. The SMILES string of the molecule is CCn1nc(C)cc1Cn1ncc(OCCN)cc1=O. The molecule has 0 fully saturated rings. The smallest absolute Gasteiger partial charge is 0.270 e. The van der Waals surface area contributed by atoms with E-state index < -0.39 is 0 Å². The topological polar surface area (TPSA) is 88.0 Å². The maximum Gasteiger partial charge on any atom is 0.270 e. The zero-order valence-electron chi connectivity index (χ0n) is 11.7. The summed E-state index contributed by atoms with van der Waals surface area (Å²) in [5.41, 5.74) is 7.02. The van der Waals surface area contributed by atoms with Gasteiger partial charge in [-0.15, -0.1) is 0 Å². The van der Waals surface area contributed by atoms with Crippen molar-refractivity contribution in [2.45, 2.75) is 26.9 Å². The zero-order valence-corrected chi connectivity index (χ0v) is 11.7. The molecule has 2 aromatic heterocycles. The summed E-state index contributed by atoms with van der Waals surface area (Å²) >= 11 is 0. The Hall–Kier alpha value is -2.15. The molecule has 2 rings (SSSR count). The van der Waals surface area contributed by atoms with E-state index in [2.05, 4.69) is 10.2 Å². The molecular weight excluding hydrogens is 258 g/mol. The van der Waals surface area contributed by atoms with Crippen LogP contribution in [0.4, 0.5) is 0 Å². The molecule has 0 aliphatic rings. The Kier molecular flexibility index (Phi) is 4.52. The van der Waals surface area contributed by atoms with E-state index in [4.69, 9.17) is 10.5 Å². The van der Waals surface area contributed by atoms with Gasteiger partial charge in [-0.2, -0.15) is 10.2 Å². The van der Waals surface area contributed by atoms with Crippen molar-refractivity contribution in [3.63, 3.8) is 0 Å². The average molecular weight is 277 g/mol. The summed E-state index contributed by atoms with van der Waals surface area (Å²) in [4.78, 5) is 12.0. The Balaban J connectivity index is 2.19. The van der Waals surface area contributed by atoms with Gasteiger partial charge in [-0.3, -0.25) is 9.48 Å². The minimum absolute atomic E-state index is 0.207. The number of ether oxygens (including phenoxy) is 1. The van der Waals surface area contributed by atoms with Crippen LogP contribution in [0.25, 0.3) is 0 Å². The molecule has 0 aliphatic heterocycles. The van der Waals surface area contributed by atoms with Crippen molar-refractivity contribution < 1.29 is 4.74 Å². The first-order chi connectivity index (χ1) is 9.63. The van der Waals surface area contributed by atoms with Crippen LogP contribution in [0.2, 0.25) is 0 Å². The number of nitrogens with two attached hydrogens (primary N) is 1. The van der Waals surface area contributed by atoms with Crippen molar-refractivity contribution >= 4 is 0 Å². The summed E-state index contributed by atoms with van der Waals surface area (Å²) in [5.74, 6) is 0.442. The highest BCUT2D eigenvalue weighted by Crippen LogP contribution is 2.06. The number of hydrogen-bond acceptors (Lipinski definition) is 5. The molecular formula is C13H19N5O2. The lowest BCUT2D eigenvalue weighted by atomic mass is 10.3. The lowest BCUT2D eigenvalue weighted by Crippen LogP contribution is -2.24. The number of rotatable bonds is 6. The van der Waals surface area contributed by atoms with E-state index in [0.717, 1.165) is 17.9 Å². The third-order valence-electron chi connectivity index (χ3n) is 2.83. The summed E-state index contributed by atoms with van der Waals surface area (Å²) in [5, 5.41) is 8.46. The van der Waals surface area contributed by atoms with Crippen LogP contribution in [0.3, 0.4) is 0 Å². The summed E-state index contributed by atoms with van der Waals surface area (Å²) < 4.78 is 8.52. The number of nitrogens with zero attached hydrogens (tertiary/aromatic N) is 4. The molecule has 2 heterocycles. The molecule has 0 amide bonds. The van der Waals surface area contributed by atoms with Crippen molar-refractivity contribution in [2.24, 2.45) is 5.73 Å². The molecule has 7 heteroatoms. The Morgan fingerprint density at radius 1 is 1.35 bits per heavy atom. The Bertz CT molecular complexity index is 632. The van der Waals surface area contributed by atoms with Crippen molar-refractivity contribution in [1.29, 1.82) is 0 Å². The fraction of sp³-hybridized carbons (Fsp3) is 0.462. The van der Waals surface area contributed by atoms with Crippen molar-refractivity contribution in [3.8, 4) is 5.75 Å². The molecule has 2 aromatic rings. The lowest BCUT2D eigenvalue weighted by Gasteiger charge is -2.08. The van der Waals surface area contributed by atoms with Gasteiger partial charge in [-0.25, -0.2) is 4.68 Å². The second kappa shape index (κ2) is 6.33.